The first-order valence-corrected chi connectivity index (χ1v) is 9.26. The van der Waals surface area contributed by atoms with Gasteiger partial charge in [-0.1, -0.05) is 24.1 Å². The monoisotopic (exact) mass is 357 g/mol. The Bertz CT molecular complexity index is 735. The average molecular weight is 357 g/mol. The summed E-state index contributed by atoms with van der Waals surface area (Å²) in [6, 6.07) is 7.52. The zero-order valence-corrected chi connectivity index (χ0v) is 15.6. The van der Waals surface area contributed by atoms with Crippen molar-refractivity contribution in [3.05, 3.63) is 35.7 Å². The van der Waals surface area contributed by atoms with E-state index < -0.39 is 0 Å². The number of nitrogens with one attached hydrogen (secondary N) is 1. The Kier molecular flexibility index (Phi) is 6.22. The van der Waals surface area contributed by atoms with Crippen LogP contribution in [0.1, 0.15) is 41.9 Å². The fourth-order valence-electron chi connectivity index (χ4n) is 3.30. The van der Waals surface area contributed by atoms with E-state index in [0.29, 0.717) is 17.9 Å². The Balaban J connectivity index is 1.60. The summed E-state index contributed by atoms with van der Waals surface area (Å²) >= 11 is 0. The van der Waals surface area contributed by atoms with Crippen LogP contribution in [0.25, 0.3) is 5.69 Å². The maximum Gasteiger partial charge on any atom is 0.273 e. The number of carbonyl (C=O) groups is 1. The van der Waals surface area contributed by atoms with Gasteiger partial charge in [0.15, 0.2) is 5.69 Å². The van der Waals surface area contributed by atoms with Crippen LogP contribution in [-0.2, 0) is 0 Å². The highest BCUT2D eigenvalue weighted by Crippen LogP contribution is 2.18. The lowest BCUT2D eigenvalue weighted by Crippen LogP contribution is -2.35. The van der Waals surface area contributed by atoms with Crippen LogP contribution in [0.5, 0.6) is 5.75 Å². The van der Waals surface area contributed by atoms with Gasteiger partial charge in [-0.05, 0) is 45.0 Å². The van der Waals surface area contributed by atoms with E-state index in [4.69, 9.17) is 4.74 Å². The molecule has 0 unspecified atom stereocenters. The summed E-state index contributed by atoms with van der Waals surface area (Å²) in [5.41, 5.74) is 1.90. The third-order valence-corrected chi connectivity index (χ3v) is 4.82. The smallest absolute Gasteiger partial charge is 0.273 e. The number of nitrogens with zero attached hydrogens (tertiary/aromatic N) is 4. The number of hydrogen-bond donors (Lipinski definition) is 1. The predicted octanol–water partition coefficient (Wildman–Crippen LogP) is 2.19. The van der Waals surface area contributed by atoms with Gasteiger partial charge in [0.05, 0.1) is 18.5 Å². The number of aromatic nitrogens is 3. The van der Waals surface area contributed by atoms with Crippen LogP contribution in [0.4, 0.5) is 0 Å². The molecule has 1 amide bonds. The Morgan fingerprint density at radius 2 is 2.00 bits per heavy atom. The van der Waals surface area contributed by atoms with Crippen molar-refractivity contribution in [1.29, 1.82) is 0 Å². The SMILES string of the molecule is COc1cccc(-n2nnc(C(=O)NCCN3CCCCCC3)c2C)c1. The van der Waals surface area contributed by atoms with Crippen LogP contribution in [0, 0.1) is 6.92 Å². The molecular weight excluding hydrogens is 330 g/mol. The second kappa shape index (κ2) is 8.80. The highest BCUT2D eigenvalue weighted by atomic mass is 16.5. The molecule has 7 nitrogen and oxygen atoms in total. The summed E-state index contributed by atoms with van der Waals surface area (Å²) in [6.07, 6.45) is 5.13. The molecule has 1 fully saturated rings. The Hall–Kier alpha value is -2.41. The first-order valence-electron chi connectivity index (χ1n) is 9.26. The zero-order valence-electron chi connectivity index (χ0n) is 15.6. The van der Waals surface area contributed by atoms with Crippen LogP contribution in [0.3, 0.4) is 0 Å². The van der Waals surface area contributed by atoms with E-state index in [-0.39, 0.29) is 5.91 Å². The van der Waals surface area contributed by atoms with Gasteiger partial charge in [-0.15, -0.1) is 5.10 Å². The van der Waals surface area contributed by atoms with E-state index in [9.17, 15) is 4.79 Å². The van der Waals surface area contributed by atoms with Gasteiger partial charge in [-0.2, -0.15) is 0 Å². The summed E-state index contributed by atoms with van der Waals surface area (Å²) in [5.74, 6) is 0.562. The van der Waals surface area contributed by atoms with E-state index in [0.717, 1.165) is 31.1 Å². The molecule has 7 heteroatoms. The van der Waals surface area contributed by atoms with Gasteiger partial charge in [0.2, 0.25) is 0 Å². The summed E-state index contributed by atoms with van der Waals surface area (Å²) < 4.78 is 6.90. The number of methoxy groups -OCH3 is 1. The van der Waals surface area contributed by atoms with Gasteiger partial charge in [-0.25, -0.2) is 4.68 Å². The van der Waals surface area contributed by atoms with Crippen LogP contribution in [0.15, 0.2) is 24.3 Å². The lowest BCUT2D eigenvalue weighted by atomic mass is 10.2. The van der Waals surface area contributed by atoms with Crippen molar-refractivity contribution in [2.75, 3.05) is 33.3 Å². The third-order valence-electron chi connectivity index (χ3n) is 4.82. The third kappa shape index (κ3) is 4.40. The molecule has 0 bridgehead atoms. The molecule has 1 N–H and O–H groups in total. The largest absolute Gasteiger partial charge is 0.497 e. The van der Waals surface area contributed by atoms with E-state index in [1.165, 1.54) is 25.7 Å². The summed E-state index contributed by atoms with van der Waals surface area (Å²) in [4.78, 5) is 14.9. The number of hydrogen-bond acceptors (Lipinski definition) is 5. The van der Waals surface area contributed by atoms with Crippen molar-refractivity contribution >= 4 is 5.91 Å². The second-order valence-corrected chi connectivity index (χ2v) is 6.65. The first-order chi connectivity index (χ1) is 12.7. The fourth-order valence-corrected chi connectivity index (χ4v) is 3.30. The predicted molar refractivity (Wildman–Crippen MR) is 99.9 cm³/mol. The summed E-state index contributed by atoms with van der Waals surface area (Å²) in [5, 5.41) is 11.2. The molecule has 140 valence electrons. The summed E-state index contributed by atoms with van der Waals surface area (Å²) in [7, 11) is 1.62. The molecule has 0 radical (unpaired) electrons. The molecule has 2 heterocycles. The van der Waals surface area contributed by atoms with Gasteiger partial charge in [-0.3, -0.25) is 4.79 Å². The van der Waals surface area contributed by atoms with Gasteiger partial charge in [0.25, 0.3) is 5.91 Å². The van der Waals surface area contributed by atoms with Gasteiger partial charge in [0.1, 0.15) is 5.75 Å². The van der Waals surface area contributed by atoms with E-state index in [2.05, 4.69) is 20.5 Å². The number of carbonyl (C=O) groups excluding carboxylic acids is 1. The van der Waals surface area contributed by atoms with Crippen molar-refractivity contribution in [3.63, 3.8) is 0 Å². The minimum Gasteiger partial charge on any atom is -0.497 e. The van der Waals surface area contributed by atoms with Crippen molar-refractivity contribution < 1.29 is 9.53 Å². The zero-order chi connectivity index (χ0) is 18.4. The second-order valence-electron chi connectivity index (χ2n) is 6.65. The molecule has 0 atom stereocenters. The molecule has 1 aliphatic rings. The van der Waals surface area contributed by atoms with Crippen molar-refractivity contribution in [2.45, 2.75) is 32.6 Å². The standard InChI is InChI=1S/C19H27N5O2/c1-15-18(19(25)20-10-13-23-11-5-3-4-6-12-23)21-22-24(15)16-8-7-9-17(14-16)26-2/h7-9,14H,3-6,10-13H2,1-2H3,(H,20,25). The number of benzene rings is 1. The fraction of sp³-hybridized carbons (Fsp3) is 0.526. The molecule has 1 aromatic carbocycles. The number of amides is 1. The lowest BCUT2D eigenvalue weighted by molar-refractivity contribution is 0.0943. The lowest BCUT2D eigenvalue weighted by Gasteiger charge is -2.19. The van der Waals surface area contributed by atoms with Crippen LogP contribution in [0.2, 0.25) is 0 Å². The van der Waals surface area contributed by atoms with Crippen LogP contribution < -0.4 is 10.1 Å². The molecule has 0 aliphatic carbocycles. The van der Waals surface area contributed by atoms with Gasteiger partial charge >= 0.3 is 0 Å². The van der Waals surface area contributed by atoms with E-state index in [1.54, 1.807) is 11.8 Å². The van der Waals surface area contributed by atoms with Crippen molar-refractivity contribution in [1.82, 2.24) is 25.2 Å². The Labute approximate surface area is 154 Å². The normalized spacial score (nSPS) is 15.5. The maximum absolute atomic E-state index is 12.5. The molecule has 1 aromatic heterocycles. The van der Waals surface area contributed by atoms with Crippen molar-refractivity contribution in [3.8, 4) is 11.4 Å². The maximum atomic E-state index is 12.5. The Morgan fingerprint density at radius 1 is 1.23 bits per heavy atom. The molecule has 0 saturated carbocycles. The first kappa shape index (κ1) is 18.4. The van der Waals surface area contributed by atoms with Gasteiger partial charge in [0, 0.05) is 19.2 Å². The van der Waals surface area contributed by atoms with Crippen molar-refractivity contribution in [2.24, 2.45) is 0 Å². The molecule has 2 aromatic rings. The minimum absolute atomic E-state index is 0.175. The molecule has 1 aliphatic heterocycles. The molecule has 1 saturated heterocycles. The molecule has 3 rings (SSSR count). The van der Waals surface area contributed by atoms with Crippen LogP contribution >= 0.6 is 0 Å². The quantitative estimate of drug-likeness (QED) is 0.858. The van der Waals surface area contributed by atoms with Crippen LogP contribution in [-0.4, -0.2) is 59.1 Å². The van der Waals surface area contributed by atoms with E-state index >= 15 is 0 Å². The number of likely N-dealkylation sites (tertiary alicyclic amines) is 1. The number of ether oxygens (including phenoxy) is 1. The van der Waals surface area contributed by atoms with E-state index in [1.807, 2.05) is 31.2 Å². The molecule has 26 heavy (non-hydrogen) atoms. The summed E-state index contributed by atoms with van der Waals surface area (Å²) in [6.45, 7) is 5.62. The topological polar surface area (TPSA) is 72.3 Å². The molecular formula is C19H27N5O2. The Morgan fingerprint density at radius 3 is 2.73 bits per heavy atom. The highest BCUT2D eigenvalue weighted by Gasteiger charge is 2.18. The molecule has 0 spiro atoms. The average Bonchev–Trinajstić information content (AvgIpc) is 2.87. The highest BCUT2D eigenvalue weighted by molar-refractivity contribution is 5.93. The number of rotatable bonds is 6. The minimum atomic E-state index is -0.175. The van der Waals surface area contributed by atoms with Gasteiger partial charge < -0.3 is 15.0 Å².